The predicted molar refractivity (Wildman–Crippen MR) is 105 cm³/mol. The van der Waals surface area contributed by atoms with Crippen molar-refractivity contribution in [2.75, 3.05) is 24.9 Å². The Morgan fingerprint density at radius 3 is 2.07 bits per heavy atom. The Balaban J connectivity index is 2.22. The lowest BCUT2D eigenvalue weighted by molar-refractivity contribution is -0.116. The maximum atomic E-state index is 12.4. The molecule has 2 amide bonds. The van der Waals surface area contributed by atoms with Gasteiger partial charge < -0.3 is 25.8 Å². The molecule has 0 fully saturated rings. The number of amides is 2. The molecule has 1 unspecified atom stereocenters. The Morgan fingerprint density at radius 1 is 1.00 bits per heavy atom. The monoisotopic (exact) mass is 371 g/mol. The van der Waals surface area contributed by atoms with Crippen LogP contribution < -0.4 is 25.8 Å². The van der Waals surface area contributed by atoms with Gasteiger partial charge in [0.1, 0.15) is 11.5 Å². The molecule has 0 heterocycles. The average Bonchev–Trinajstić information content (AvgIpc) is 2.67. The fourth-order valence-electron chi connectivity index (χ4n) is 2.45. The molecule has 0 radical (unpaired) electrons. The topological polar surface area (TPSA) is 103 Å². The second-order valence-electron chi connectivity index (χ2n) is 6.14. The molecular weight excluding hydrogens is 346 g/mol. The van der Waals surface area contributed by atoms with Gasteiger partial charge in [0.2, 0.25) is 5.91 Å². The number of carbonyl (C=O) groups excluding carboxylic acids is 2. The van der Waals surface area contributed by atoms with Crippen molar-refractivity contribution in [1.82, 2.24) is 0 Å². The van der Waals surface area contributed by atoms with Crippen molar-refractivity contribution in [1.29, 1.82) is 0 Å². The summed E-state index contributed by atoms with van der Waals surface area (Å²) >= 11 is 0. The number of hydrogen-bond donors (Lipinski definition) is 3. The number of rotatable bonds is 8. The summed E-state index contributed by atoms with van der Waals surface area (Å²) in [5, 5.41) is 5.59. The summed E-state index contributed by atoms with van der Waals surface area (Å²) in [4.78, 5) is 24.5. The van der Waals surface area contributed by atoms with Gasteiger partial charge in [-0.25, -0.2) is 0 Å². The normalized spacial score (nSPS) is 11.4. The third-order valence-electron chi connectivity index (χ3n) is 3.91. The highest BCUT2D eigenvalue weighted by Gasteiger charge is 2.16. The maximum absolute atomic E-state index is 12.4. The van der Waals surface area contributed by atoms with Crippen LogP contribution in [0.4, 0.5) is 11.4 Å². The van der Waals surface area contributed by atoms with Crippen LogP contribution in [0.1, 0.15) is 30.1 Å². The lowest BCUT2D eigenvalue weighted by Gasteiger charge is -2.16. The molecule has 2 rings (SSSR count). The van der Waals surface area contributed by atoms with Crippen LogP contribution in [0, 0.1) is 0 Å². The number of benzene rings is 2. The molecule has 0 bridgehead atoms. The van der Waals surface area contributed by atoms with Crippen molar-refractivity contribution in [3.05, 3.63) is 48.0 Å². The lowest BCUT2D eigenvalue weighted by atomic mass is 10.1. The first-order valence-corrected chi connectivity index (χ1v) is 8.62. The van der Waals surface area contributed by atoms with Gasteiger partial charge in [0.05, 0.1) is 25.6 Å². The zero-order valence-electron chi connectivity index (χ0n) is 15.7. The zero-order chi connectivity index (χ0) is 19.8. The SMILES string of the molecule is COc1cc(NC(=O)c2ccccc2)c(OC)cc1NC(=O)CCC(C)N. The summed E-state index contributed by atoms with van der Waals surface area (Å²) < 4.78 is 10.7. The van der Waals surface area contributed by atoms with E-state index >= 15 is 0 Å². The third kappa shape index (κ3) is 5.72. The van der Waals surface area contributed by atoms with E-state index in [1.165, 1.54) is 14.2 Å². The molecule has 4 N–H and O–H groups in total. The Labute approximate surface area is 158 Å². The summed E-state index contributed by atoms with van der Waals surface area (Å²) in [6.45, 7) is 1.85. The van der Waals surface area contributed by atoms with Gasteiger partial charge in [-0.1, -0.05) is 18.2 Å². The van der Waals surface area contributed by atoms with Gasteiger partial charge in [0, 0.05) is 30.2 Å². The second kappa shape index (κ2) is 9.59. The molecule has 0 saturated heterocycles. The van der Waals surface area contributed by atoms with Crippen LogP contribution >= 0.6 is 0 Å². The van der Waals surface area contributed by atoms with Gasteiger partial charge >= 0.3 is 0 Å². The van der Waals surface area contributed by atoms with Crippen LogP contribution in [-0.4, -0.2) is 32.1 Å². The first-order chi connectivity index (χ1) is 12.9. The minimum Gasteiger partial charge on any atom is -0.494 e. The van der Waals surface area contributed by atoms with Crippen molar-refractivity contribution in [2.24, 2.45) is 5.73 Å². The van der Waals surface area contributed by atoms with Crippen LogP contribution in [0.5, 0.6) is 11.5 Å². The standard InChI is InChI=1S/C20H25N3O4/c1-13(21)9-10-19(24)22-15-11-18(27-3)16(12-17(15)26-2)23-20(25)14-7-5-4-6-8-14/h4-8,11-13H,9-10,21H2,1-3H3,(H,22,24)(H,23,25). The fourth-order valence-corrected chi connectivity index (χ4v) is 2.45. The summed E-state index contributed by atoms with van der Waals surface area (Å²) in [5.41, 5.74) is 7.11. The Kier molecular flexibility index (Phi) is 7.19. The van der Waals surface area contributed by atoms with Gasteiger partial charge in [0.15, 0.2) is 0 Å². The van der Waals surface area contributed by atoms with E-state index in [0.29, 0.717) is 41.3 Å². The average molecular weight is 371 g/mol. The van der Waals surface area contributed by atoms with E-state index in [-0.39, 0.29) is 17.9 Å². The first-order valence-electron chi connectivity index (χ1n) is 8.62. The molecule has 0 aromatic heterocycles. The van der Waals surface area contributed by atoms with Crippen molar-refractivity contribution in [2.45, 2.75) is 25.8 Å². The number of carbonyl (C=O) groups is 2. The van der Waals surface area contributed by atoms with Crippen molar-refractivity contribution < 1.29 is 19.1 Å². The Hall–Kier alpha value is -3.06. The Bertz CT molecular complexity index is 791. The summed E-state index contributed by atoms with van der Waals surface area (Å²) in [5.74, 6) is 0.370. The zero-order valence-corrected chi connectivity index (χ0v) is 15.7. The van der Waals surface area contributed by atoms with E-state index < -0.39 is 0 Å². The molecular formula is C20H25N3O4. The van der Waals surface area contributed by atoms with E-state index in [4.69, 9.17) is 15.2 Å². The third-order valence-corrected chi connectivity index (χ3v) is 3.91. The largest absolute Gasteiger partial charge is 0.494 e. The predicted octanol–water partition coefficient (Wildman–Crippen LogP) is 3.02. The van der Waals surface area contributed by atoms with Gasteiger partial charge in [0.25, 0.3) is 5.91 Å². The van der Waals surface area contributed by atoms with Crippen molar-refractivity contribution in [3.63, 3.8) is 0 Å². The van der Waals surface area contributed by atoms with Crippen LogP contribution in [0.3, 0.4) is 0 Å². The van der Waals surface area contributed by atoms with E-state index in [0.717, 1.165) is 0 Å². The summed E-state index contributed by atoms with van der Waals surface area (Å²) in [6, 6.07) is 12.0. The molecule has 0 saturated carbocycles. The van der Waals surface area contributed by atoms with Gasteiger partial charge in [-0.15, -0.1) is 0 Å². The summed E-state index contributed by atoms with van der Waals surface area (Å²) in [6.07, 6.45) is 0.881. The fraction of sp³-hybridized carbons (Fsp3) is 0.300. The smallest absolute Gasteiger partial charge is 0.255 e. The molecule has 7 heteroatoms. The molecule has 0 aliphatic rings. The number of hydrogen-bond acceptors (Lipinski definition) is 5. The first kappa shape index (κ1) is 20.3. The van der Waals surface area contributed by atoms with Crippen molar-refractivity contribution in [3.8, 4) is 11.5 Å². The molecule has 144 valence electrons. The molecule has 0 aliphatic carbocycles. The van der Waals surface area contributed by atoms with E-state index in [2.05, 4.69) is 10.6 Å². The van der Waals surface area contributed by atoms with Crippen molar-refractivity contribution >= 4 is 23.2 Å². The van der Waals surface area contributed by atoms with Crippen LogP contribution in [0.2, 0.25) is 0 Å². The number of ether oxygens (including phenoxy) is 2. The minimum absolute atomic E-state index is 0.0530. The Morgan fingerprint density at radius 2 is 1.56 bits per heavy atom. The second-order valence-corrected chi connectivity index (χ2v) is 6.14. The van der Waals surface area contributed by atoms with E-state index in [1.54, 1.807) is 36.4 Å². The number of methoxy groups -OCH3 is 2. The molecule has 0 spiro atoms. The number of nitrogens with two attached hydrogens (primary N) is 1. The maximum Gasteiger partial charge on any atom is 0.255 e. The number of nitrogens with one attached hydrogen (secondary N) is 2. The van der Waals surface area contributed by atoms with Crippen LogP contribution in [0.25, 0.3) is 0 Å². The highest BCUT2D eigenvalue weighted by Crippen LogP contribution is 2.36. The molecule has 2 aromatic carbocycles. The molecule has 7 nitrogen and oxygen atoms in total. The number of anilines is 2. The highest BCUT2D eigenvalue weighted by molar-refractivity contribution is 6.05. The van der Waals surface area contributed by atoms with Crippen LogP contribution in [0.15, 0.2) is 42.5 Å². The minimum atomic E-state index is -0.273. The summed E-state index contributed by atoms with van der Waals surface area (Å²) in [7, 11) is 2.98. The molecule has 1 atom stereocenters. The lowest BCUT2D eigenvalue weighted by Crippen LogP contribution is -2.20. The molecule has 2 aromatic rings. The van der Waals surface area contributed by atoms with Gasteiger partial charge in [-0.05, 0) is 25.5 Å². The molecule has 0 aliphatic heterocycles. The van der Waals surface area contributed by atoms with E-state index in [9.17, 15) is 9.59 Å². The highest BCUT2D eigenvalue weighted by atomic mass is 16.5. The van der Waals surface area contributed by atoms with Crippen LogP contribution in [-0.2, 0) is 4.79 Å². The van der Waals surface area contributed by atoms with Gasteiger partial charge in [-0.3, -0.25) is 9.59 Å². The van der Waals surface area contributed by atoms with E-state index in [1.807, 2.05) is 13.0 Å². The van der Waals surface area contributed by atoms with Gasteiger partial charge in [-0.2, -0.15) is 0 Å². The molecule has 27 heavy (non-hydrogen) atoms. The quantitative estimate of drug-likeness (QED) is 0.662.